The van der Waals surface area contributed by atoms with Crippen LogP contribution in [0.4, 0.5) is 0 Å². The fourth-order valence-corrected chi connectivity index (χ4v) is 3.07. The monoisotopic (exact) mass is 275 g/mol. The lowest BCUT2D eigenvalue weighted by Gasteiger charge is -2.41. The molecule has 0 saturated heterocycles. The minimum atomic E-state index is 0.284. The molecule has 0 aliphatic heterocycles. The van der Waals surface area contributed by atoms with Crippen LogP contribution in [0.3, 0.4) is 0 Å². The zero-order valence-corrected chi connectivity index (χ0v) is 13.4. The van der Waals surface area contributed by atoms with Crippen molar-refractivity contribution in [1.82, 2.24) is 5.32 Å². The first-order chi connectivity index (χ1) is 9.50. The van der Waals surface area contributed by atoms with Crippen LogP contribution in [0.25, 0.3) is 0 Å². The molecule has 20 heavy (non-hydrogen) atoms. The number of hydrogen-bond acceptors (Lipinski definition) is 2. The Morgan fingerprint density at radius 2 is 2.15 bits per heavy atom. The Kier molecular flexibility index (Phi) is 5.09. The molecule has 1 fully saturated rings. The van der Waals surface area contributed by atoms with Crippen LogP contribution in [0.5, 0.6) is 5.75 Å². The molecule has 0 radical (unpaired) electrons. The fraction of sp³-hybridized carbons (Fsp3) is 0.667. The molecule has 1 aliphatic carbocycles. The first-order valence-corrected chi connectivity index (χ1v) is 7.97. The van der Waals surface area contributed by atoms with E-state index in [0.717, 1.165) is 18.7 Å². The molecule has 2 nitrogen and oxygen atoms in total. The summed E-state index contributed by atoms with van der Waals surface area (Å²) in [5.41, 5.74) is 1.65. The van der Waals surface area contributed by atoms with Gasteiger partial charge in [0.2, 0.25) is 0 Å². The number of ether oxygens (including phenoxy) is 1. The van der Waals surface area contributed by atoms with Gasteiger partial charge in [-0.2, -0.15) is 0 Å². The lowest BCUT2D eigenvalue weighted by atomic mass is 9.74. The first kappa shape index (κ1) is 15.4. The van der Waals surface area contributed by atoms with E-state index in [9.17, 15) is 0 Å². The largest absolute Gasteiger partial charge is 0.489 e. The molecule has 112 valence electrons. The van der Waals surface area contributed by atoms with Gasteiger partial charge in [-0.05, 0) is 62.3 Å². The van der Waals surface area contributed by atoms with Crippen LogP contribution in [0.2, 0.25) is 0 Å². The number of aryl methyl sites for hydroxylation is 1. The molecule has 1 N–H and O–H groups in total. The Hall–Kier alpha value is -1.02. The van der Waals surface area contributed by atoms with Crippen molar-refractivity contribution in [3.8, 4) is 5.75 Å². The highest BCUT2D eigenvalue weighted by molar-refractivity contribution is 5.27. The molecular formula is C18H29NO. The molecule has 2 atom stereocenters. The minimum absolute atomic E-state index is 0.284. The van der Waals surface area contributed by atoms with Crippen LogP contribution in [0.1, 0.15) is 52.0 Å². The Labute approximate surface area is 123 Å². The second kappa shape index (κ2) is 6.62. The van der Waals surface area contributed by atoms with Crippen LogP contribution in [0.15, 0.2) is 24.3 Å². The summed E-state index contributed by atoms with van der Waals surface area (Å²) in [5.74, 6) is 1.01. The number of nitrogens with one attached hydrogen (secondary N) is 1. The van der Waals surface area contributed by atoms with Gasteiger partial charge in [0.15, 0.2) is 0 Å². The molecule has 1 aliphatic rings. The lowest BCUT2D eigenvalue weighted by Crippen LogP contribution is -2.49. The Bertz CT molecular complexity index is 427. The van der Waals surface area contributed by atoms with Gasteiger partial charge in [-0.1, -0.05) is 32.9 Å². The summed E-state index contributed by atoms with van der Waals surface area (Å²) in [6, 6.07) is 8.89. The molecule has 0 aromatic heterocycles. The lowest BCUT2D eigenvalue weighted by molar-refractivity contribution is 0.0531. The molecule has 2 unspecified atom stereocenters. The van der Waals surface area contributed by atoms with Crippen LogP contribution in [-0.4, -0.2) is 18.7 Å². The first-order valence-electron chi connectivity index (χ1n) is 7.97. The highest BCUT2D eigenvalue weighted by Gasteiger charge is 2.35. The normalized spacial score (nSPS) is 25.4. The van der Waals surface area contributed by atoms with E-state index in [2.05, 4.69) is 57.3 Å². The van der Waals surface area contributed by atoms with Gasteiger partial charge >= 0.3 is 0 Å². The van der Waals surface area contributed by atoms with E-state index in [1.165, 1.54) is 24.8 Å². The summed E-state index contributed by atoms with van der Waals surface area (Å²) in [6.07, 6.45) is 5.08. The average Bonchev–Trinajstić information content (AvgIpc) is 2.37. The SMILES string of the molecule is CCCNC1CCC(C)(C)CC1Oc1cccc(C)c1. The highest BCUT2D eigenvalue weighted by Crippen LogP contribution is 2.37. The van der Waals surface area contributed by atoms with E-state index in [0.29, 0.717) is 11.5 Å². The molecule has 1 aromatic rings. The zero-order valence-electron chi connectivity index (χ0n) is 13.4. The average molecular weight is 275 g/mol. The van der Waals surface area contributed by atoms with E-state index in [1.807, 2.05) is 0 Å². The summed E-state index contributed by atoms with van der Waals surface area (Å²) in [4.78, 5) is 0. The standard InChI is InChI=1S/C18H29NO/c1-5-11-19-16-9-10-18(3,4)13-17(16)20-15-8-6-7-14(2)12-15/h6-8,12,16-17,19H,5,9-11,13H2,1-4H3. The van der Waals surface area contributed by atoms with Crippen LogP contribution in [-0.2, 0) is 0 Å². The molecule has 0 bridgehead atoms. The van der Waals surface area contributed by atoms with Gasteiger partial charge in [0, 0.05) is 6.04 Å². The molecule has 0 heterocycles. The van der Waals surface area contributed by atoms with Crippen LogP contribution >= 0.6 is 0 Å². The third kappa shape index (κ3) is 4.24. The fourth-order valence-electron chi connectivity index (χ4n) is 3.07. The topological polar surface area (TPSA) is 21.3 Å². The molecule has 1 saturated carbocycles. The maximum atomic E-state index is 6.32. The number of rotatable bonds is 5. The quantitative estimate of drug-likeness (QED) is 0.864. The summed E-state index contributed by atoms with van der Waals surface area (Å²) >= 11 is 0. The van der Waals surface area contributed by atoms with Gasteiger partial charge in [-0.15, -0.1) is 0 Å². The van der Waals surface area contributed by atoms with E-state index >= 15 is 0 Å². The molecule has 0 amide bonds. The van der Waals surface area contributed by atoms with Crippen molar-refractivity contribution < 1.29 is 4.74 Å². The molecular weight excluding hydrogens is 246 g/mol. The third-order valence-electron chi connectivity index (χ3n) is 4.27. The van der Waals surface area contributed by atoms with Crippen LogP contribution < -0.4 is 10.1 Å². The van der Waals surface area contributed by atoms with Crippen molar-refractivity contribution >= 4 is 0 Å². The zero-order chi connectivity index (χ0) is 14.6. The molecule has 2 heteroatoms. The van der Waals surface area contributed by atoms with Gasteiger partial charge in [0.05, 0.1) is 0 Å². The van der Waals surface area contributed by atoms with Crippen molar-refractivity contribution in [2.45, 2.75) is 65.5 Å². The molecule has 2 rings (SSSR count). The number of benzene rings is 1. The Morgan fingerprint density at radius 3 is 2.85 bits per heavy atom. The number of hydrogen-bond donors (Lipinski definition) is 1. The smallest absolute Gasteiger partial charge is 0.120 e. The van der Waals surface area contributed by atoms with E-state index in [1.54, 1.807) is 0 Å². The van der Waals surface area contributed by atoms with Gasteiger partial charge < -0.3 is 10.1 Å². The second-order valence-electron chi connectivity index (χ2n) is 6.94. The second-order valence-corrected chi connectivity index (χ2v) is 6.94. The predicted molar refractivity (Wildman–Crippen MR) is 85.3 cm³/mol. The molecule has 1 aromatic carbocycles. The summed E-state index contributed by atoms with van der Waals surface area (Å²) < 4.78 is 6.32. The molecule has 0 spiro atoms. The van der Waals surface area contributed by atoms with E-state index in [-0.39, 0.29) is 6.10 Å². The Balaban J connectivity index is 2.06. The summed E-state index contributed by atoms with van der Waals surface area (Å²) in [6.45, 7) is 10.1. The summed E-state index contributed by atoms with van der Waals surface area (Å²) in [7, 11) is 0. The van der Waals surface area contributed by atoms with Gasteiger partial charge in [-0.3, -0.25) is 0 Å². The van der Waals surface area contributed by atoms with Gasteiger partial charge in [0.25, 0.3) is 0 Å². The maximum absolute atomic E-state index is 6.32. The van der Waals surface area contributed by atoms with Crippen molar-refractivity contribution in [2.24, 2.45) is 5.41 Å². The maximum Gasteiger partial charge on any atom is 0.120 e. The summed E-state index contributed by atoms with van der Waals surface area (Å²) in [5, 5.41) is 3.67. The van der Waals surface area contributed by atoms with Crippen molar-refractivity contribution in [3.63, 3.8) is 0 Å². The van der Waals surface area contributed by atoms with E-state index in [4.69, 9.17) is 4.74 Å². The highest BCUT2D eigenvalue weighted by atomic mass is 16.5. The van der Waals surface area contributed by atoms with E-state index < -0.39 is 0 Å². The Morgan fingerprint density at radius 1 is 1.35 bits per heavy atom. The minimum Gasteiger partial charge on any atom is -0.489 e. The van der Waals surface area contributed by atoms with Gasteiger partial charge in [-0.25, -0.2) is 0 Å². The third-order valence-corrected chi connectivity index (χ3v) is 4.27. The van der Waals surface area contributed by atoms with Crippen molar-refractivity contribution in [2.75, 3.05) is 6.54 Å². The predicted octanol–water partition coefficient (Wildman–Crippen LogP) is 4.32. The van der Waals surface area contributed by atoms with Gasteiger partial charge in [0.1, 0.15) is 11.9 Å². The van der Waals surface area contributed by atoms with Crippen molar-refractivity contribution in [3.05, 3.63) is 29.8 Å². The van der Waals surface area contributed by atoms with Crippen LogP contribution in [0, 0.1) is 12.3 Å². The van der Waals surface area contributed by atoms with Crippen molar-refractivity contribution in [1.29, 1.82) is 0 Å².